The lowest BCUT2D eigenvalue weighted by Gasteiger charge is -2.04. The van der Waals surface area contributed by atoms with E-state index in [0.29, 0.717) is 5.56 Å². The molecule has 2 rings (SSSR count). The smallest absolute Gasteiger partial charge is 0.335 e. The Kier molecular flexibility index (Phi) is 3.51. The lowest BCUT2D eigenvalue weighted by atomic mass is 10.2. The third-order valence-electron chi connectivity index (χ3n) is 2.34. The molecule has 19 heavy (non-hydrogen) atoms. The van der Waals surface area contributed by atoms with Gasteiger partial charge in [-0.25, -0.2) is 19.2 Å². The number of nitrogens with two attached hydrogens (primary N) is 1. The van der Waals surface area contributed by atoms with Crippen molar-refractivity contribution in [2.75, 3.05) is 0 Å². The molecule has 1 heterocycles. The number of halogens is 1. The van der Waals surface area contributed by atoms with Gasteiger partial charge >= 0.3 is 5.97 Å². The summed E-state index contributed by atoms with van der Waals surface area (Å²) in [6.07, 6.45) is 3.86. The van der Waals surface area contributed by atoms with Gasteiger partial charge in [-0.05, 0) is 36.4 Å². The molecular formula is C13H10FN3O2. The van der Waals surface area contributed by atoms with E-state index in [1.54, 1.807) is 0 Å². The fraction of sp³-hybridized carbons (Fsp3) is 0. The van der Waals surface area contributed by atoms with Crippen LogP contribution in [0.25, 0.3) is 0 Å². The number of hydrogen-bond acceptors (Lipinski definition) is 4. The van der Waals surface area contributed by atoms with Crippen LogP contribution in [0.3, 0.4) is 0 Å². The standard InChI is InChI=1S/C13H10FN3O2/c14-10-3-1-8(2-4-10)12-16-6-5-9(13(18)19)7-11(15)17-12/h1-7H,(H,18,19)(H2,15,16,17). The zero-order valence-electron chi connectivity index (χ0n) is 9.75. The van der Waals surface area contributed by atoms with Crippen molar-refractivity contribution in [3.8, 4) is 0 Å². The van der Waals surface area contributed by atoms with Gasteiger partial charge in [0.25, 0.3) is 0 Å². The Balaban J connectivity index is 2.38. The van der Waals surface area contributed by atoms with E-state index in [4.69, 9.17) is 10.8 Å². The Labute approximate surface area is 108 Å². The molecule has 0 saturated heterocycles. The molecule has 0 unspecified atom stereocenters. The molecule has 0 spiro atoms. The highest BCUT2D eigenvalue weighted by Crippen LogP contribution is 2.09. The summed E-state index contributed by atoms with van der Waals surface area (Å²) in [6, 6.07) is 5.60. The Bertz CT molecular complexity index is 628. The molecule has 0 amide bonds. The van der Waals surface area contributed by atoms with Crippen LogP contribution in [0.2, 0.25) is 0 Å². The van der Waals surface area contributed by atoms with E-state index in [0.717, 1.165) is 0 Å². The highest BCUT2D eigenvalue weighted by atomic mass is 19.1. The van der Waals surface area contributed by atoms with E-state index in [1.165, 1.54) is 42.6 Å². The molecule has 3 N–H and O–H groups in total. The lowest BCUT2D eigenvalue weighted by molar-refractivity contribution is -0.132. The second-order valence-corrected chi connectivity index (χ2v) is 3.72. The van der Waals surface area contributed by atoms with Crippen LogP contribution < -0.4 is 5.73 Å². The summed E-state index contributed by atoms with van der Waals surface area (Å²) in [7, 11) is 0. The van der Waals surface area contributed by atoms with Gasteiger partial charge in [0.1, 0.15) is 11.7 Å². The fourth-order valence-electron chi connectivity index (χ4n) is 1.45. The molecule has 0 atom stereocenters. The molecule has 0 radical (unpaired) electrons. The summed E-state index contributed by atoms with van der Waals surface area (Å²) in [5, 5.41) is 8.87. The maximum atomic E-state index is 12.8. The molecule has 0 aliphatic carbocycles. The number of aliphatic carboxylic acids is 1. The third kappa shape index (κ3) is 3.12. The van der Waals surface area contributed by atoms with Crippen molar-refractivity contribution < 1.29 is 14.3 Å². The van der Waals surface area contributed by atoms with Gasteiger partial charge < -0.3 is 10.8 Å². The van der Waals surface area contributed by atoms with Crippen LogP contribution in [-0.4, -0.2) is 22.7 Å². The number of rotatable bonds is 2. The molecule has 0 bridgehead atoms. The van der Waals surface area contributed by atoms with Crippen LogP contribution >= 0.6 is 0 Å². The van der Waals surface area contributed by atoms with Crippen molar-refractivity contribution in [1.29, 1.82) is 0 Å². The zero-order chi connectivity index (χ0) is 13.8. The molecule has 0 saturated carbocycles. The topological polar surface area (TPSA) is 88.0 Å². The van der Waals surface area contributed by atoms with E-state index < -0.39 is 5.97 Å². The number of carboxylic acids is 1. The average molecular weight is 259 g/mol. The van der Waals surface area contributed by atoms with E-state index in [1.807, 2.05) is 0 Å². The summed E-state index contributed by atoms with van der Waals surface area (Å²) in [4.78, 5) is 18.8. The second kappa shape index (κ2) is 5.26. The first kappa shape index (κ1) is 12.7. The maximum absolute atomic E-state index is 12.8. The number of carboxylic acid groups (broad SMARTS) is 1. The molecule has 1 aromatic rings. The van der Waals surface area contributed by atoms with Crippen molar-refractivity contribution in [3.05, 3.63) is 59.6 Å². The minimum absolute atomic E-state index is 0.0110. The van der Waals surface area contributed by atoms with Crippen LogP contribution in [-0.2, 0) is 4.79 Å². The molecule has 0 fully saturated rings. The lowest BCUT2D eigenvalue weighted by Crippen LogP contribution is -2.15. The monoisotopic (exact) mass is 259 g/mol. The molecule has 1 aliphatic heterocycles. The minimum Gasteiger partial charge on any atom is -0.478 e. The normalized spacial score (nSPS) is 24.8. The minimum atomic E-state index is -1.12. The molecule has 1 aliphatic rings. The largest absolute Gasteiger partial charge is 0.478 e. The maximum Gasteiger partial charge on any atom is 0.335 e. The summed E-state index contributed by atoms with van der Waals surface area (Å²) in [6.45, 7) is 0. The van der Waals surface area contributed by atoms with Crippen molar-refractivity contribution in [2.45, 2.75) is 0 Å². The van der Waals surface area contributed by atoms with E-state index >= 15 is 0 Å². The Hall–Kier alpha value is -2.76. The van der Waals surface area contributed by atoms with E-state index in [2.05, 4.69) is 9.98 Å². The van der Waals surface area contributed by atoms with Gasteiger partial charge in [0, 0.05) is 11.8 Å². The van der Waals surface area contributed by atoms with Gasteiger partial charge in [0.05, 0.1) is 5.57 Å². The first-order chi connectivity index (χ1) is 9.06. The van der Waals surface area contributed by atoms with E-state index in [9.17, 15) is 9.18 Å². The average Bonchev–Trinajstić information content (AvgIpc) is 2.34. The van der Waals surface area contributed by atoms with Crippen molar-refractivity contribution in [2.24, 2.45) is 15.7 Å². The van der Waals surface area contributed by atoms with Gasteiger partial charge in [-0.3, -0.25) is 0 Å². The number of amidine groups is 2. The fourth-order valence-corrected chi connectivity index (χ4v) is 1.45. The van der Waals surface area contributed by atoms with E-state index in [-0.39, 0.29) is 23.1 Å². The number of nitrogens with zero attached hydrogens (tertiary/aromatic N) is 2. The first-order valence-corrected chi connectivity index (χ1v) is 5.36. The van der Waals surface area contributed by atoms with Crippen LogP contribution in [0.1, 0.15) is 5.56 Å². The van der Waals surface area contributed by atoms with Crippen molar-refractivity contribution in [1.82, 2.24) is 0 Å². The first-order valence-electron chi connectivity index (χ1n) is 5.36. The number of benzene rings is 1. The molecule has 1 aromatic carbocycles. The van der Waals surface area contributed by atoms with Gasteiger partial charge in [-0.2, -0.15) is 0 Å². The Morgan fingerprint density at radius 1 is 1.26 bits per heavy atom. The Morgan fingerprint density at radius 3 is 2.58 bits per heavy atom. The predicted molar refractivity (Wildman–Crippen MR) is 69.4 cm³/mol. The Morgan fingerprint density at radius 2 is 1.95 bits per heavy atom. The summed E-state index contributed by atoms with van der Waals surface area (Å²) in [5.74, 6) is -1.18. The number of aliphatic imine (C=N–C) groups is 2. The predicted octanol–water partition coefficient (Wildman–Crippen LogP) is 1.47. The summed E-state index contributed by atoms with van der Waals surface area (Å²) in [5.41, 5.74) is 6.18. The second-order valence-electron chi connectivity index (χ2n) is 3.72. The van der Waals surface area contributed by atoms with Crippen LogP contribution in [0, 0.1) is 5.82 Å². The van der Waals surface area contributed by atoms with Gasteiger partial charge in [0.15, 0.2) is 5.84 Å². The van der Waals surface area contributed by atoms with Gasteiger partial charge in [-0.1, -0.05) is 0 Å². The van der Waals surface area contributed by atoms with Crippen molar-refractivity contribution >= 4 is 17.6 Å². The third-order valence-corrected chi connectivity index (χ3v) is 2.34. The molecular weight excluding hydrogens is 249 g/mol. The highest BCUT2D eigenvalue weighted by Gasteiger charge is 2.08. The van der Waals surface area contributed by atoms with Gasteiger partial charge in [0.2, 0.25) is 0 Å². The molecule has 5 nitrogen and oxygen atoms in total. The summed E-state index contributed by atoms with van der Waals surface area (Å²) < 4.78 is 12.8. The SMILES string of the molecule is NC1=N\C(c2ccc(F)cc2)=N/C=C/C(C(=O)O)=C\1. The zero-order valence-corrected chi connectivity index (χ0v) is 9.75. The van der Waals surface area contributed by atoms with Crippen molar-refractivity contribution in [3.63, 3.8) is 0 Å². The summed E-state index contributed by atoms with van der Waals surface area (Å²) >= 11 is 0. The number of carbonyl (C=O) groups is 1. The molecule has 6 heteroatoms. The molecule has 0 aromatic heterocycles. The van der Waals surface area contributed by atoms with Crippen LogP contribution in [0.15, 0.2) is 58.2 Å². The highest BCUT2D eigenvalue weighted by molar-refractivity contribution is 6.11. The van der Waals surface area contributed by atoms with Crippen LogP contribution in [0.5, 0.6) is 0 Å². The van der Waals surface area contributed by atoms with Crippen LogP contribution in [0.4, 0.5) is 4.39 Å². The molecule has 96 valence electrons. The van der Waals surface area contributed by atoms with Gasteiger partial charge in [-0.15, -0.1) is 0 Å². The number of hydrogen-bond donors (Lipinski definition) is 2. The quantitative estimate of drug-likeness (QED) is 0.842.